The van der Waals surface area contributed by atoms with E-state index in [2.05, 4.69) is 0 Å². The predicted molar refractivity (Wildman–Crippen MR) is 52.0 cm³/mol. The maximum Gasteiger partial charge on any atom is 0.416 e. The van der Waals surface area contributed by atoms with Crippen LogP contribution in [-0.4, -0.2) is 22.3 Å². The molecule has 2 atom stereocenters. The highest BCUT2D eigenvalue weighted by molar-refractivity contribution is 5.73. The molecule has 0 aliphatic rings. The van der Waals surface area contributed by atoms with E-state index < -0.39 is 35.4 Å². The molecule has 1 aromatic carbocycles. The van der Waals surface area contributed by atoms with E-state index in [4.69, 9.17) is 15.9 Å². The average molecular weight is 249 g/mol. The van der Waals surface area contributed by atoms with E-state index in [-0.39, 0.29) is 0 Å². The number of carbonyl (C=O) groups is 1. The zero-order valence-electron chi connectivity index (χ0n) is 8.48. The second-order valence-electron chi connectivity index (χ2n) is 3.39. The van der Waals surface area contributed by atoms with Crippen LogP contribution in [0, 0.1) is 0 Å². The number of benzene rings is 1. The van der Waals surface area contributed by atoms with E-state index in [0.29, 0.717) is 0 Å². The van der Waals surface area contributed by atoms with Crippen LogP contribution in [0.2, 0.25) is 0 Å². The van der Waals surface area contributed by atoms with Crippen LogP contribution in [0.25, 0.3) is 0 Å². The Kier molecular flexibility index (Phi) is 3.74. The molecule has 0 aliphatic carbocycles. The topological polar surface area (TPSA) is 83.5 Å². The van der Waals surface area contributed by atoms with Gasteiger partial charge in [0, 0.05) is 0 Å². The van der Waals surface area contributed by atoms with E-state index in [1.54, 1.807) is 0 Å². The van der Waals surface area contributed by atoms with Crippen molar-refractivity contribution in [2.24, 2.45) is 5.73 Å². The molecule has 1 rings (SSSR count). The molecule has 0 aliphatic heterocycles. The lowest BCUT2D eigenvalue weighted by atomic mass is 9.96. The second-order valence-corrected chi connectivity index (χ2v) is 3.39. The van der Waals surface area contributed by atoms with Gasteiger partial charge in [0.2, 0.25) is 0 Å². The summed E-state index contributed by atoms with van der Waals surface area (Å²) < 4.78 is 37.8. The third kappa shape index (κ3) is 2.95. The summed E-state index contributed by atoms with van der Waals surface area (Å²) in [5, 5.41) is 17.6. The van der Waals surface area contributed by atoms with Gasteiger partial charge >= 0.3 is 12.1 Å². The largest absolute Gasteiger partial charge is 0.479 e. The molecular formula is C10H10F3NO3. The standard InChI is InChI=1S/C10H10F3NO3/c11-10(12,13)6-4-2-1-3-5(6)7(14)8(15)9(16)17/h1-4,7-8,15H,14H2,(H,16,17). The Balaban J connectivity index is 3.18. The van der Waals surface area contributed by atoms with Crippen molar-refractivity contribution in [3.05, 3.63) is 35.4 Å². The van der Waals surface area contributed by atoms with Gasteiger partial charge in [0.1, 0.15) is 0 Å². The van der Waals surface area contributed by atoms with E-state index in [1.807, 2.05) is 0 Å². The summed E-state index contributed by atoms with van der Waals surface area (Å²) in [6.45, 7) is 0. The molecule has 0 amide bonds. The van der Waals surface area contributed by atoms with Gasteiger partial charge in [-0.05, 0) is 11.6 Å². The first-order chi connectivity index (χ1) is 7.75. The number of nitrogens with two attached hydrogens (primary N) is 1. The zero-order chi connectivity index (χ0) is 13.2. The van der Waals surface area contributed by atoms with Crippen LogP contribution < -0.4 is 5.73 Å². The molecule has 1 aromatic rings. The van der Waals surface area contributed by atoms with Crippen LogP contribution in [0.5, 0.6) is 0 Å². The molecule has 0 fully saturated rings. The fourth-order valence-electron chi connectivity index (χ4n) is 1.37. The molecule has 0 bridgehead atoms. The van der Waals surface area contributed by atoms with Gasteiger partial charge in [-0.15, -0.1) is 0 Å². The highest BCUT2D eigenvalue weighted by atomic mass is 19.4. The number of alkyl halides is 3. The van der Waals surface area contributed by atoms with Crippen LogP contribution in [0.4, 0.5) is 13.2 Å². The normalized spacial score (nSPS) is 15.4. The number of carboxylic acids is 1. The molecule has 0 radical (unpaired) electrons. The Hall–Kier alpha value is -1.60. The molecule has 94 valence electrons. The summed E-state index contributed by atoms with van der Waals surface area (Å²) in [5.41, 5.74) is 3.81. The number of rotatable bonds is 3. The lowest BCUT2D eigenvalue weighted by Crippen LogP contribution is -2.34. The zero-order valence-corrected chi connectivity index (χ0v) is 8.48. The summed E-state index contributed by atoms with van der Waals surface area (Å²) in [4.78, 5) is 10.5. The van der Waals surface area contributed by atoms with E-state index in [0.717, 1.165) is 18.2 Å². The number of carboxylic acid groups (broad SMARTS) is 1. The summed E-state index contributed by atoms with van der Waals surface area (Å²) in [6, 6.07) is 2.64. The molecule has 4 nitrogen and oxygen atoms in total. The average Bonchev–Trinajstić information content (AvgIpc) is 2.25. The third-order valence-corrected chi connectivity index (χ3v) is 2.22. The summed E-state index contributed by atoms with van der Waals surface area (Å²) in [7, 11) is 0. The minimum atomic E-state index is -4.65. The number of hydrogen-bond donors (Lipinski definition) is 3. The number of aliphatic hydroxyl groups excluding tert-OH is 1. The molecule has 0 saturated carbocycles. The van der Waals surface area contributed by atoms with Crippen molar-refractivity contribution in [1.29, 1.82) is 0 Å². The smallest absolute Gasteiger partial charge is 0.416 e. The number of aliphatic carboxylic acids is 1. The van der Waals surface area contributed by atoms with Crippen LogP contribution in [0.3, 0.4) is 0 Å². The van der Waals surface area contributed by atoms with Crippen molar-refractivity contribution < 1.29 is 28.2 Å². The molecule has 0 heterocycles. The minimum Gasteiger partial charge on any atom is -0.479 e. The molecule has 4 N–H and O–H groups in total. The summed E-state index contributed by atoms with van der Waals surface area (Å²) >= 11 is 0. The van der Waals surface area contributed by atoms with Gasteiger partial charge in [-0.1, -0.05) is 18.2 Å². The van der Waals surface area contributed by atoms with E-state index >= 15 is 0 Å². The highest BCUT2D eigenvalue weighted by Crippen LogP contribution is 2.34. The van der Waals surface area contributed by atoms with Gasteiger partial charge in [0.25, 0.3) is 0 Å². The summed E-state index contributed by atoms with van der Waals surface area (Å²) in [5.74, 6) is -1.67. The van der Waals surface area contributed by atoms with Crippen LogP contribution in [-0.2, 0) is 11.0 Å². The van der Waals surface area contributed by atoms with Crippen molar-refractivity contribution in [2.75, 3.05) is 0 Å². The fraction of sp³-hybridized carbons (Fsp3) is 0.300. The Labute approximate surface area is 94.5 Å². The Bertz CT molecular complexity index is 420. The second kappa shape index (κ2) is 4.72. The Morgan fingerprint density at radius 2 is 1.82 bits per heavy atom. The van der Waals surface area contributed by atoms with Gasteiger partial charge in [0.05, 0.1) is 11.6 Å². The monoisotopic (exact) mass is 249 g/mol. The first-order valence-electron chi connectivity index (χ1n) is 4.57. The minimum absolute atomic E-state index is 0.449. The lowest BCUT2D eigenvalue weighted by Gasteiger charge is -2.20. The third-order valence-electron chi connectivity index (χ3n) is 2.22. The Morgan fingerprint density at radius 1 is 1.29 bits per heavy atom. The van der Waals surface area contributed by atoms with Gasteiger partial charge in [-0.25, -0.2) is 4.79 Å². The predicted octanol–water partition coefficient (Wildman–Crippen LogP) is 1.15. The SMILES string of the molecule is NC(c1ccccc1C(F)(F)F)C(O)C(=O)O. The quantitative estimate of drug-likeness (QED) is 0.750. The van der Waals surface area contributed by atoms with Crippen LogP contribution >= 0.6 is 0 Å². The number of hydrogen-bond acceptors (Lipinski definition) is 3. The van der Waals surface area contributed by atoms with Gasteiger partial charge < -0.3 is 15.9 Å². The van der Waals surface area contributed by atoms with Gasteiger partial charge in [0.15, 0.2) is 6.10 Å². The van der Waals surface area contributed by atoms with Crippen molar-refractivity contribution in [3.63, 3.8) is 0 Å². The number of halogens is 3. The van der Waals surface area contributed by atoms with Crippen molar-refractivity contribution >= 4 is 5.97 Å². The van der Waals surface area contributed by atoms with Crippen LogP contribution in [0.15, 0.2) is 24.3 Å². The van der Waals surface area contributed by atoms with Gasteiger partial charge in [-0.3, -0.25) is 0 Å². The van der Waals surface area contributed by atoms with E-state index in [9.17, 15) is 18.0 Å². The van der Waals surface area contributed by atoms with Gasteiger partial charge in [-0.2, -0.15) is 13.2 Å². The molecule has 0 saturated heterocycles. The van der Waals surface area contributed by atoms with Crippen molar-refractivity contribution in [1.82, 2.24) is 0 Å². The first-order valence-corrected chi connectivity index (χ1v) is 4.57. The van der Waals surface area contributed by atoms with Crippen molar-refractivity contribution in [2.45, 2.75) is 18.3 Å². The van der Waals surface area contributed by atoms with E-state index in [1.165, 1.54) is 6.07 Å². The highest BCUT2D eigenvalue weighted by Gasteiger charge is 2.36. The maximum absolute atomic E-state index is 12.6. The molecule has 7 heteroatoms. The first kappa shape index (κ1) is 13.5. The number of aliphatic hydroxyl groups is 1. The molecular weight excluding hydrogens is 239 g/mol. The molecule has 2 unspecified atom stereocenters. The fourth-order valence-corrected chi connectivity index (χ4v) is 1.37. The lowest BCUT2D eigenvalue weighted by molar-refractivity contribution is -0.149. The molecule has 17 heavy (non-hydrogen) atoms. The molecule has 0 spiro atoms. The van der Waals surface area contributed by atoms with Crippen molar-refractivity contribution in [3.8, 4) is 0 Å². The summed E-state index contributed by atoms with van der Waals surface area (Å²) in [6.07, 6.45) is -6.73. The molecule has 0 aromatic heterocycles. The maximum atomic E-state index is 12.6. The van der Waals surface area contributed by atoms with Crippen LogP contribution in [0.1, 0.15) is 17.2 Å². The Morgan fingerprint density at radius 3 is 2.29 bits per heavy atom.